The standard InChI is InChI=1S/C22H23NO/c1-2-3-4-15-24-22-10-9-20-16-19(7-8-21(20)17-22)6-5-18-11-13-23-14-12-18/h5-14,16-17H,2-4,15H2,1H3/b6-5+. The molecule has 0 bridgehead atoms. The monoisotopic (exact) mass is 317 g/mol. The first-order valence-corrected chi connectivity index (χ1v) is 8.60. The predicted octanol–water partition coefficient (Wildman–Crippen LogP) is 5.97. The lowest BCUT2D eigenvalue weighted by Crippen LogP contribution is -1.96. The minimum Gasteiger partial charge on any atom is -0.494 e. The Morgan fingerprint density at radius 2 is 1.58 bits per heavy atom. The second kappa shape index (κ2) is 8.30. The van der Waals surface area contributed by atoms with E-state index in [4.69, 9.17) is 4.74 Å². The molecule has 0 aliphatic carbocycles. The maximum absolute atomic E-state index is 5.83. The van der Waals surface area contributed by atoms with E-state index in [1.54, 1.807) is 0 Å². The largest absolute Gasteiger partial charge is 0.494 e. The lowest BCUT2D eigenvalue weighted by molar-refractivity contribution is 0.306. The average molecular weight is 317 g/mol. The third-order valence-corrected chi connectivity index (χ3v) is 4.03. The molecule has 0 N–H and O–H groups in total. The molecule has 0 amide bonds. The van der Waals surface area contributed by atoms with Gasteiger partial charge in [-0.15, -0.1) is 0 Å². The molecule has 3 aromatic rings. The van der Waals surface area contributed by atoms with Gasteiger partial charge in [0.2, 0.25) is 0 Å². The summed E-state index contributed by atoms with van der Waals surface area (Å²) in [6.45, 7) is 3.00. The van der Waals surface area contributed by atoms with Gasteiger partial charge < -0.3 is 4.74 Å². The number of benzene rings is 2. The molecule has 2 nitrogen and oxygen atoms in total. The van der Waals surface area contributed by atoms with Gasteiger partial charge in [0.1, 0.15) is 5.75 Å². The van der Waals surface area contributed by atoms with Gasteiger partial charge in [-0.3, -0.25) is 4.98 Å². The Balaban J connectivity index is 1.71. The van der Waals surface area contributed by atoms with Crippen molar-refractivity contribution >= 4 is 22.9 Å². The fraction of sp³-hybridized carbons (Fsp3) is 0.227. The van der Waals surface area contributed by atoms with Crippen LogP contribution in [0.15, 0.2) is 60.9 Å². The number of hydrogen-bond acceptors (Lipinski definition) is 2. The summed E-state index contributed by atoms with van der Waals surface area (Å²) in [5.41, 5.74) is 2.34. The second-order valence-corrected chi connectivity index (χ2v) is 5.94. The van der Waals surface area contributed by atoms with Crippen molar-refractivity contribution in [3.63, 3.8) is 0 Å². The third-order valence-electron chi connectivity index (χ3n) is 4.03. The van der Waals surface area contributed by atoms with Crippen molar-refractivity contribution in [3.05, 3.63) is 72.1 Å². The molecule has 2 heteroatoms. The van der Waals surface area contributed by atoms with Gasteiger partial charge in [-0.1, -0.05) is 50.1 Å². The Labute approximate surface area is 143 Å². The number of rotatable bonds is 7. The van der Waals surface area contributed by atoms with Gasteiger partial charge in [-0.25, -0.2) is 0 Å². The molecule has 0 unspecified atom stereocenters. The van der Waals surface area contributed by atoms with Crippen molar-refractivity contribution in [2.45, 2.75) is 26.2 Å². The average Bonchev–Trinajstić information content (AvgIpc) is 2.64. The lowest BCUT2D eigenvalue weighted by atomic mass is 10.1. The number of hydrogen-bond donors (Lipinski definition) is 0. The summed E-state index contributed by atoms with van der Waals surface area (Å²) in [6, 6.07) is 16.8. The Kier molecular flexibility index (Phi) is 5.62. The van der Waals surface area contributed by atoms with Crippen molar-refractivity contribution in [1.82, 2.24) is 4.98 Å². The molecule has 122 valence electrons. The molecule has 0 saturated carbocycles. The van der Waals surface area contributed by atoms with Gasteiger partial charge in [0.25, 0.3) is 0 Å². The zero-order chi connectivity index (χ0) is 16.6. The van der Waals surface area contributed by atoms with Crippen LogP contribution >= 0.6 is 0 Å². The number of aromatic nitrogens is 1. The Morgan fingerprint density at radius 3 is 2.42 bits per heavy atom. The van der Waals surface area contributed by atoms with E-state index in [0.29, 0.717) is 0 Å². The van der Waals surface area contributed by atoms with Crippen LogP contribution in [0.1, 0.15) is 37.3 Å². The summed E-state index contributed by atoms with van der Waals surface area (Å²) < 4.78 is 5.83. The quantitative estimate of drug-likeness (QED) is 0.500. The van der Waals surface area contributed by atoms with E-state index >= 15 is 0 Å². The van der Waals surface area contributed by atoms with Crippen LogP contribution in [0.2, 0.25) is 0 Å². The van der Waals surface area contributed by atoms with Crippen LogP contribution in [0, 0.1) is 0 Å². The van der Waals surface area contributed by atoms with Gasteiger partial charge in [0.05, 0.1) is 6.61 Å². The molecule has 0 spiro atoms. The highest BCUT2D eigenvalue weighted by atomic mass is 16.5. The van der Waals surface area contributed by atoms with Crippen LogP contribution in [0.25, 0.3) is 22.9 Å². The summed E-state index contributed by atoms with van der Waals surface area (Å²) in [5.74, 6) is 0.957. The van der Waals surface area contributed by atoms with E-state index in [-0.39, 0.29) is 0 Å². The maximum Gasteiger partial charge on any atom is 0.119 e. The van der Waals surface area contributed by atoms with Crippen LogP contribution in [0.3, 0.4) is 0 Å². The van der Waals surface area contributed by atoms with E-state index < -0.39 is 0 Å². The number of ether oxygens (including phenoxy) is 1. The molecule has 0 atom stereocenters. The Bertz CT molecular complexity index is 809. The van der Waals surface area contributed by atoms with Crippen molar-refractivity contribution in [3.8, 4) is 5.75 Å². The molecule has 24 heavy (non-hydrogen) atoms. The molecule has 0 aliphatic rings. The van der Waals surface area contributed by atoms with Gasteiger partial charge >= 0.3 is 0 Å². The molecule has 3 rings (SSSR count). The molecule has 2 aromatic carbocycles. The van der Waals surface area contributed by atoms with Crippen molar-refractivity contribution in [2.24, 2.45) is 0 Å². The van der Waals surface area contributed by atoms with Gasteiger partial charge in [0, 0.05) is 12.4 Å². The summed E-state index contributed by atoms with van der Waals surface area (Å²) in [6.07, 6.45) is 11.4. The summed E-state index contributed by atoms with van der Waals surface area (Å²) in [7, 11) is 0. The summed E-state index contributed by atoms with van der Waals surface area (Å²) in [5, 5.41) is 2.44. The summed E-state index contributed by atoms with van der Waals surface area (Å²) >= 11 is 0. The van der Waals surface area contributed by atoms with Crippen LogP contribution < -0.4 is 4.74 Å². The summed E-state index contributed by atoms with van der Waals surface area (Å²) in [4.78, 5) is 4.04. The van der Waals surface area contributed by atoms with Crippen LogP contribution in [0.5, 0.6) is 5.75 Å². The smallest absolute Gasteiger partial charge is 0.119 e. The molecule has 0 saturated heterocycles. The minimum absolute atomic E-state index is 0.798. The fourth-order valence-electron chi connectivity index (χ4n) is 2.64. The van der Waals surface area contributed by atoms with Crippen molar-refractivity contribution in [2.75, 3.05) is 6.61 Å². The minimum atomic E-state index is 0.798. The zero-order valence-electron chi connectivity index (χ0n) is 14.1. The molecular weight excluding hydrogens is 294 g/mol. The number of pyridine rings is 1. The maximum atomic E-state index is 5.83. The first-order chi connectivity index (χ1) is 11.8. The van der Waals surface area contributed by atoms with E-state index in [0.717, 1.165) is 24.3 Å². The van der Waals surface area contributed by atoms with Crippen LogP contribution in [0.4, 0.5) is 0 Å². The van der Waals surface area contributed by atoms with E-state index in [2.05, 4.69) is 60.5 Å². The first kappa shape index (κ1) is 16.3. The van der Waals surface area contributed by atoms with Crippen molar-refractivity contribution in [1.29, 1.82) is 0 Å². The highest BCUT2D eigenvalue weighted by Gasteiger charge is 1.99. The van der Waals surface area contributed by atoms with E-state index in [1.165, 1.54) is 29.2 Å². The van der Waals surface area contributed by atoms with Crippen LogP contribution in [-0.4, -0.2) is 11.6 Å². The van der Waals surface area contributed by atoms with Crippen molar-refractivity contribution < 1.29 is 4.74 Å². The fourth-order valence-corrected chi connectivity index (χ4v) is 2.64. The molecule has 1 heterocycles. The normalized spacial score (nSPS) is 11.2. The topological polar surface area (TPSA) is 22.1 Å². The van der Waals surface area contributed by atoms with Gasteiger partial charge in [0.15, 0.2) is 0 Å². The highest BCUT2D eigenvalue weighted by molar-refractivity contribution is 5.87. The highest BCUT2D eigenvalue weighted by Crippen LogP contribution is 2.23. The molecular formula is C22H23NO. The Morgan fingerprint density at radius 1 is 0.833 bits per heavy atom. The SMILES string of the molecule is CCCCCOc1ccc2cc(/C=C/c3ccncc3)ccc2c1. The first-order valence-electron chi connectivity index (χ1n) is 8.60. The van der Waals surface area contributed by atoms with Crippen LogP contribution in [-0.2, 0) is 0 Å². The second-order valence-electron chi connectivity index (χ2n) is 5.94. The Hall–Kier alpha value is -2.61. The zero-order valence-corrected chi connectivity index (χ0v) is 14.1. The lowest BCUT2D eigenvalue weighted by Gasteiger charge is -2.07. The molecule has 1 aromatic heterocycles. The van der Waals surface area contributed by atoms with Gasteiger partial charge in [-0.2, -0.15) is 0 Å². The third kappa shape index (κ3) is 4.45. The molecule has 0 aliphatic heterocycles. The van der Waals surface area contributed by atoms with Gasteiger partial charge in [-0.05, 0) is 58.7 Å². The molecule has 0 radical (unpaired) electrons. The number of nitrogens with zero attached hydrogens (tertiary/aromatic N) is 1. The predicted molar refractivity (Wildman–Crippen MR) is 102 cm³/mol. The van der Waals surface area contributed by atoms with E-state index in [9.17, 15) is 0 Å². The molecule has 0 fully saturated rings. The number of unbranched alkanes of at least 4 members (excludes halogenated alkanes) is 2. The van der Waals surface area contributed by atoms with E-state index in [1.807, 2.05) is 24.5 Å². The number of fused-ring (bicyclic) bond motifs is 1.